The molecule has 1 amide bonds. The van der Waals surface area contributed by atoms with Crippen molar-refractivity contribution in [1.82, 2.24) is 5.32 Å². The lowest BCUT2D eigenvalue weighted by Gasteiger charge is -2.23. The van der Waals surface area contributed by atoms with Crippen LogP contribution in [0.25, 0.3) is 0 Å². The van der Waals surface area contributed by atoms with Gasteiger partial charge in [-0.05, 0) is 23.6 Å². The largest absolute Gasteiger partial charge is 0.497 e. The molecule has 1 aliphatic rings. The van der Waals surface area contributed by atoms with E-state index in [0.29, 0.717) is 6.42 Å². The Hall–Kier alpha value is -2.11. The van der Waals surface area contributed by atoms with Gasteiger partial charge in [0, 0.05) is 11.3 Å². The number of nitro groups is 1. The van der Waals surface area contributed by atoms with Gasteiger partial charge >= 0.3 is 0 Å². The van der Waals surface area contributed by atoms with E-state index in [1.54, 1.807) is 7.11 Å². The predicted octanol–water partition coefficient (Wildman–Crippen LogP) is 2.17. The Labute approximate surface area is 123 Å². The van der Waals surface area contributed by atoms with Crippen LogP contribution in [-0.4, -0.2) is 24.0 Å². The Kier molecular flexibility index (Phi) is 4.45. The maximum atomic E-state index is 12.1. The molecule has 0 radical (unpaired) electrons. The average Bonchev–Trinajstić information content (AvgIpc) is 3.25. The summed E-state index contributed by atoms with van der Waals surface area (Å²) in [7, 11) is 1.60. The molecule has 3 atom stereocenters. The molecule has 0 heterocycles. The van der Waals surface area contributed by atoms with Crippen LogP contribution in [-0.2, 0) is 4.79 Å². The second-order valence-electron chi connectivity index (χ2n) is 5.70. The second kappa shape index (κ2) is 6.11. The van der Waals surface area contributed by atoms with E-state index < -0.39 is 12.0 Å². The van der Waals surface area contributed by atoms with Crippen molar-refractivity contribution in [1.29, 1.82) is 0 Å². The Morgan fingerprint density at radius 3 is 2.43 bits per heavy atom. The van der Waals surface area contributed by atoms with Crippen molar-refractivity contribution in [3.63, 3.8) is 0 Å². The minimum absolute atomic E-state index is 0.156. The summed E-state index contributed by atoms with van der Waals surface area (Å²) in [6.07, 6.45) is 0.340. The number of methoxy groups -OCH3 is 1. The average molecular weight is 292 g/mol. The van der Waals surface area contributed by atoms with Crippen LogP contribution in [0.15, 0.2) is 24.3 Å². The van der Waals surface area contributed by atoms with Gasteiger partial charge in [0.1, 0.15) is 11.7 Å². The van der Waals surface area contributed by atoms with Crippen molar-refractivity contribution in [2.75, 3.05) is 7.11 Å². The molecule has 0 unspecified atom stereocenters. The molecule has 1 saturated carbocycles. The van der Waals surface area contributed by atoms with Gasteiger partial charge in [-0.2, -0.15) is 0 Å². The van der Waals surface area contributed by atoms with Crippen LogP contribution < -0.4 is 10.1 Å². The lowest BCUT2D eigenvalue weighted by Crippen LogP contribution is -2.34. The van der Waals surface area contributed by atoms with Crippen LogP contribution in [0.5, 0.6) is 5.75 Å². The summed E-state index contributed by atoms with van der Waals surface area (Å²) < 4.78 is 5.12. The molecule has 1 fully saturated rings. The fourth-order valence-electron chi connectivity index (χ4n) is 2.40. The molecule has 1 aliphatic carbocycles. The van der Waals surface area contributed by atoms with E-state index in [1.165, 1.54) is 0 Å². The van der Waals surface area contributed by atoms with Gasteiger partial charge in [0.05, 0.1) is 13.2 Å². The number of rotatable bonds is 6. The summed E-state index contributed by atoms with van der Waals surface area (Å²) in [4.78, 5) is 22.4. The minimum atomic E-state index is -0.714. The number of hydrogen-bond donors (Lipinski definition) is 1. The highest BCUT2D eigenvalue weighted by atomic mass is 16.6. The van der Waals surface area contributed by atoms with Crippen LogP contribution in [0.1, 0.15) is 31.9 Å². The summed E-state index contributed by atoms with van der Waals surface area (Å²) in [5.41, 5.74) is 0.970. The smallest absolute Gasteiger partial charge is 0.230 e. The Balaban J connectivity index is 2.05. The molecule has 0 aromatic heterocycles. The zero-order chi connectivity index (χ0) is 15.6. The highest BCUT2D eigenvalue weighted by Crippen LogP contribution is 2.34. The number of nitrogens with one attached hydrogen (secondary N) is 1. The molecular formula is C15H20N2O4. The number of carbonyl (C=O) groups excluding carboxylic acids is 1. The molecule has 0 bridgehead atoms. The standard InChI is InChI=1S/C15H20N2O4/c1-9(2)14(10-4-6-11(21-3)7-5-10)16-15(18)12-8-13(12)17(19)20/h4-7,9,12-14H,8H2,1-3H3,(H,16,18)/t12-,13-,14-/m1/s1. The fraction of sp³-hybridized carbons (Fsp3) is 0.533. The van der Waals surface area contributed by atoms with E-state index in [9.17, 15) is 14.9 Å². The second-order valence-corrected chi connectivity index (χ2v) is 5.70. The highest BCUT2D eigenvalue weighted by molar-refractivity contribution is 5.82. The Morgan fingerprint density at radius 1 is 1.38 bits per heavy atom. The summed E-state index contributed by atoms with van der Waals surface area (Å²) in [6, 6.07) is 6.62. The van der Waals surface area contributed by atoms with Gasteiger partial charge in [-0.3, -0.25) is 14.9 Å². The van der Waals surface area contributed by atoms with Crippen molar-refractivity contribution < 1.29 is 14.5 Å². The van der Waals surface area contributed by atoms with Gasteiger partial charge in [-0.15, -0.1) is 0 Å². The highest BCUT2D eigenvalue weighted by Gasteiger charge is 2.53. The molecule has 1 aromatic rings. The molecule has 0 aliphatic heterocycles. The summed E-state index contributed by atoms with van der Waals surface area (Å²) in [5, 5.41) is 13.6. The molecule has 1 aromatic carbocycles. The first-order valence-electron chi connectivity index (χ1n) is 7.02. The van der Waals surface area contributed by atoms with Crippen molar-refractivity contribution in [3.8, 4) is 5.75 Å². The topological polar surface area (TPSA) is 81.5 Å². The number of hydrogen-bond acceptors (Lipinski definition) is 4. The van der Waals surface area contributed by atoms with E-state index in [1.807, 2.05) is 38.1 Å². The van der Waals surface area contributed by atoms with E-state index in [2.05, 4.69) is 5.32 Å². The zero-order valence-corrected chi connectivity index (χ0v) is 12.4. The molecule has 21 heavy (non-hydrogen) atoms. The maximum Gasteiger partial charge on any atom is 0.230 e. The van der Waals surface area contributed by atoms with Crippen molar-refractivity contribution >= 4 is 5.91 Å². The third-order valence-electron chi connectivity index (χ3n) is 3.80. The normalized spacial score (nSPS) is 21.7. The van der Waals surface area contributed by atoms with Crippen molar-refractivity contribution in [2.45, 2.75) is 32.4 Å². The van der Waals surface area contributed by atoms with Crippen LogP contribution in [0, 0.1) is 22.0 Å². The monoisotopic (exact) mass is 292 g/mol. The van der Waals surface area contributed by atoms with Crippen LogP contribution >= 0.6 is 0 Å². The number of benzene rings is 1. The first-order chi connectivity index (χ1) is 9.93. The fourth-order valence-corrected chi connectivity index (χ4v) is 2.40. The third kappa shape index (κ3) is 3.51. The van der Waals surface area contributed by atoms with Gasteiger partial charge in [-0.25, -0.2) is 0 Å². The molecular weight excluding hydrogens is 272 g/mol. The SMILES string of the molecule is COc1ccc([C@H](NC(=O)[C@@H]2C[C@H]2[N+](=O)[O-])C(C)C)cc1. The third-order valence-corrected chi connectivity index (χ3v) is 3.80. The van der Waals surface area contributed by atoms with Crippen molar-refractivity contribution in [2.24, 2.45) is 11.8 Å². The lowest BCUT2D eigenvalue weighted by atomic mass is 9.95. The predicted molar refractivity (Wildman–Crippen MR) is 77.6 cm³/mol. The Bertz CT molecular complexity index is 527. The van der Waals surface area contributed by atoms with Crippen LogP contribution in [0.2, 0.25) is 0 Å². The van der Waals surface area contributed by atoms with Gasteiger partial charge < -0.3 is 10.1 Å². The summed E-state index contributed by atoms with van der Waals surface area (Å²) in [6.45, 7) is 4.01. The van der Waals surface area contributed by atoms with Crippen molar-refractivity contribution in [3.05, 3.63) is 39.9 Å². The summed E-state index contributed by atoms with van der Waals surface area (Å²) >= 11 is 0. The first-order valence-corrected chi connectivity index (χ1v) is 7.02. The Morgan fingerprint density at radius 2 is 2.00 bits per heavy atom. The number of amides is 1. The van der Waals surface area contributed by atoms with E-state index in [0.717, 1.165) is 11.3 Å². The van der Waals surface area contributed by atoms with E-state index in [4.69, 9.17) is 4.74 Å². The molecule has 6 nitrogen and oxygen atoms in total. The molecule has 0 saturated heterocycles. The molecule has 6 heteroatoms. The molecule has 0 spiro atoms. The summed E-state index contributed by atoms with van der Waals surface area (Å²) in [5.74, 6) is 0.226. The van der Waals surface area contributed by atoms with Gasteiger partial charge in [0.25, 0.3) is 0 Å². The number of nitrogens with zero attached hydrogens (tertiary/aromatic N) is 1. The van der Waals surface area contributed by atoms with Crippen LogP contribution in [0.4, 0.5) is 0 Å². The molecule has 2 rings (SSSR count). The minimum Gasteiger partial charge on any atom is -0.497 e. The molecule has 1 N–H and O–H groups in total. The molecule has 114 valence electrons. The number of carbonyl (C=O) groups is 1. The quantitative estimate of drug-likeness (QED) is 0.643. The van der Waals surface area contributed by atoms with E-state index in [-0.39, 0.29) is 22.8 Å². The van der Waals surface area contributed by atoms with Crippen LogP contribution in [0.3, 0.4) is 0 Å². The van der Waals surface area contributed by atoms with Gasteiger partial charge in [0.2, 0.25) is 11.9 Å². The van der Waals surface area contributed by atoms with Gasteiger partial charge in [0.15, 0.2) is 0 Å². The first kappa shape index (κ1) is 15.3. The maximum absolute atomic E-state index is 12.1. The van der Waals surface area contributed by atoms with Gasteiger partial charge in [-0.1, -0.05) is 26.0 Å². The number of ether oxygens (including phenoxy) is 1. The van der Waals surface area contributed by atoms with E-state index >= 15 is 0 Å². The zero-order valence-electron chi connectivity index (χ0n) is 12.4. The lowest BCUT2D eigenvalue weighted by molar-refractivity contribution is -0.497.